The number of rotatable bonds is 9. The molecule has 6 heterocycles. The van der Waals surface area contributed by atoms with Gasteiger partial charge in [-0.1, -0.05) is 60.7 Å². The first-order valence-electron chi connectivity index (χ1n) is 20.1. The fourth-order valence-electron chi connectivity index (χ4n) is 7.86. The number of aromatic nitrogens is 4. The highest BCUT2D eigenvalue weighted by atomic mass is 16.4. The van der Waals surface area contributed by atoms with Crippen LogP contribution in [0, 0.1) is 0 Å². The zero-order chi connectivity index (χ0) is 41.0. The monoisotopic (exact) mass is 804 g/mol. The Morgan fingerprint density at radius 2 is 0.710 bits per heavy atom. The minimum atomic E-state index is 0.510. The highest BCUT2D eigenvalue weighted by Crippen LogP contribution is 2.42. The second-order valence-corrected chi connectivity index (χ2v) is 14.8. The minimum Gasteiger partial charge on any atom is -0.440 e. The molecule has 0 N–H and O–H groups in total. The lowest BCUT2D eigenvalue weighted by Crippen LogP contribution is -2.09. The van der Waals surface area contributed by atoms with Gasteiger partial charge >= 0.3 is 0 Å². The summed E-state index contributed by atoms with van der Waals surface area (Å²) in [6.45, 7) is 0. The van der Waals surface area contributed by atoms with Crippen molar-refractivity contribution >= 4 is 78.9 Å². The van der Waals surface area contributed by atoms with Crippen molar-refractivity contribution in [3.8, 4) is 34.0 Å². The summed E-state index contributed by atoms with van der Waals surface area (Å²) in [5.41, 5.74) is 11.6. The summed E-state index contributed by atoms with van der Waals surface area (Å²) < 4.78 is 24.8. The van der Waals surface area contributed by atoms with Crippen LogP contribution >= 0.6 is 0 Å². The molecule has 0 unspecified atom stereocenters. The molecule has 0 spiro atoms. The molecule has 0 atom stereocenters. The molecule has 62 heavy (non-hydrogen) atoms. The standard InChI is InChI=1S/C52H32N6O4/c1-3-11-45-37(7-1)31-47(59-45)57(41-25-17-35(18-26-41)49-55-43-9-5-29-53-51(43)61-49)39-21-13-33(14-22-39)34-15-23-40(24-16-34)58(48-32-38-8-2-4-12-46(38)60-48)42-27-19-36(20-28-42)50-56-44-10-6-30-54-52(44)62-50/h1-32H. The lowest BCUT2D eigenvalue weighted by atomic mass is 10.0. The SMILES string of the molecule is c1ccc2oc(N(c3ccc(-c4ccc(N(c5ccc(-c6nc7cccnc7o6)cc5)c5cc6ccccc6o5)cc4)cc3)c3ccc(-c4nc5cccnc5o4)cc3)cc2c1. The van der Waals surface area contributed by atoms with E-state index >= 15 is 0 Å². The second-order valence-electron chi connectivity index (χ2n) is 14.8. The van der Waals surface area contributed by atoms with E-state index in [9.17, 15) is 0 Å². The fourth-order valence-corrected chi connectivity index (χ4v) is 7.86. The van der Waals surface area contributed by atoms with Crippen molar-refractivity contribution in [3.63, 3.8) is 0 Å². The number of nitrogens with zero attached hydrogens (tertiary/aromatic N) is 6. The van der Waals surface area contributed by atoms with Gasteiger partial charge in [-0.15, -0.1) is 0 Å². The van der Waals surface area contributed by atoms with E-state index in [0.29, 0.717) is 35.0 Å². The predicted molar refractivity (Wildman–Crippen MR) is 242 cm³/mol. The molecule has 294 valence electrons. The Bertz CT molecular complexity index is 3160. The van der Waals surface area contributed by atoms with Crippen LogP contribution in [0.3, 0.4) is 0 Å². The van der Waals surface area contributed by atoms with Crippen LogP contribution in [0.1, 0.15) is 0 Å². The van der Waals surface area contributed by atoms with E-state index < -0.39 is 0 Å². The highest BCUT2D eigenvalue weighted by Gasteiger charge is 2.21. The first-order valence-corrected chi connectivity index (χ1v) is 20.1. The number of furan rings is 2. The predicted octanol–water partition coefficient (Wildman–Crippen LogP) is 14.2. The smallest absolute Gasteiger partial charge is 0.247 e. The molecule has 10 heteroatoms. The molecule has 0 radical (unpaired) electrons. The lowest BCUT2D eigenvalue weighted by Gasteiger charge is -2.23. The average Bonchev–Trinajstić information content (AvgIpc) is 4.15. The van der Waals surface area contributed by atoms with Crippen LogP contribution in [-0.4, -0.2) is 19.9 Å². The molecule has 12 aromatic rings. The van der Waals surface area contributed by atoms with Crippen LogP contribution < -0.4 is 9.80 Å². The van der Waals surface area contributed by atoms with Crippen LogP contribution in [0.4, 0.5) is 34.5 Å². The zero-order valence-corrected chi connectivity index (χ0v) is 32.8. The Kier molecular flexibility index (Phi) is 8.24. The molecule has 0 saturated carbocycles. The minimum absolute atomic E-state index is 0.510. The maximum atomic E-state index is 6.44. The molecule has 0 saturated heterocycles. The number of hydrogen-bond acceptors (Lipinski definition) is 10. The van der Waals surface area contributed by atoms with E-state index in [1.54, 1.807) is 12.4 Å². The number of benzene rings is 6. The Labute approximate surface area is 353 Å². The maximum absolute atomic E-state index is 6.44. The van der Waals surface area contributed by atoms with Crippen LogP contribution in [-0.2, 0) is 0 Å². The Morgan fingerprint density at radius 1 is 0.339 bits per heavy atom. The summed E-state index contributed by atoms with van der Waals surface area (Å²) in [6, 6.07) is 60.9. The molecule has 0 aliphatic heterocycles. The molecule has 6 aromatic carbocycles. The second kappa shape index (κ2) is 14.5. The first kappa shape index (κ1) is 35.2. The number of para-hydroxylation sites is 2. The number of hydrogen-bond donors (Lipinski definition) is 0. The molecule has 0 aliphatic carbocycles. The summed E-state index contributed by atoms with van der Waals surface area (Å²) in [5.74, 6) is 2.44. The molecule has 0 fully saturated rings. The molecule has 0 bridgehead atoms. The van der Waals surface area contributed by atoms with Crippen LogP contribution in [0.5, 0.6) is 0 Å². The van der Waals surface area contributed by atoms with Crippen molar-refractivity contribution in [3.05, 3.63) is 194 Å². The first-order chi connectivity index (χ1) is 30.7. The quantitative estimate of drug-likeness (QED) is 0.140. The van der Waals surface area contributed by atoms with E-state index in [-0.39, 0.29) is 0 Å². The van der Waals surface area contributed by atoms with E-state index in [1.807, 2.05) is 109 Å². The number of oxazole rings is 2. The van der Waals surface area contributed by atoms with Crippen molar-refractivity contribution in [2.24, 2.45) is 0 Å². The molecule has 0 amide bonds. The van der Waals surface area contributed by atoms with Crippen LogP contribution in [0.15, 0.2) is 212 Å². The van der Waals surface area contributed by atoms with Gasteiger partial charge in [0.05, 0.1) is 0 Å². The van der Waals surface area contributed by atoms with Crippen molar-refractivity contribution in [2.75, 3.05) is 9.80 Å². The third kappa shape index (κ3) is 6.30. The molecule has 0 aliphatic rings. The lowest BCUT2D eigenvalue weighted by molar-refractivity contribution is 0.607. The Morgan fingerprint density at radius 3 is 1.08 bits per heavy atom. The summed E-state index contributed by atoms with van der Waals surface area (Å²) in [4.78, 5) is 22.1. The van der Waals surface area contributed by atoms with E-state index in [4.69, 9.17) is 17.7 Å². The Hall–Kier alpha value is -8.76. The van der Waals surface area contributed by atoms with E-state index in [2.05, 4.69) is 103 Å². The van der Waals surface area contributed by atoms with Gasteiger partial charge in [0.1, 0.15) is 22.2 Å². The van der Waals surface area contributed by atoms with Gasteiger partial charge in [-0.3, -0.25) is 9.80 Å². The molecule has 6 aromatic heterocycles. The van der Waals surface area contributed by atoms with Gasteiger partial charge in [0.2, 0.25) is 35.0 Å². The molecular weight excluding hydrogens is 773 g/mol. The van der Waals surface area contributed by atoms with E-state index in [0.717, 1.165) is 78.0 Å². The summed E-state index contributed by atoms with van der Waals surface area (Å²) >= 11 is 0. The summed E-state index contributed by atoms with van der Waals surface area (Å²) in [5, 5.41) is 2.04. The summed E-state index contributed by atoms with van der Waals surface area (Å²) in [7, 11) is 0. The fraction of sp³-hybridized carbons (Fsp3) is 0. The van der Waals surface area contributed by atoms with E-state index in [1.165, 1.54) is 0 Å². The van der Waals surface area contributed by atoms with Gasteiger partial charge < -0.3 is 17.7 Å². The van der Waals surface area contributed by atoms with Gasteiger partial charge in [0.15, 0.2) is 0 Å². The molecule has 12 rings (SSSR count). The number of fused-ring (bicyclic) bond motifs is 4. The van der Waals surface area contributed by atoms with Crippen molar-refractivity contribution in [1.82, 2.24) is 19.9 Å². The van der Waals surface area contributed by atoms with Crippen molar-refractivity contribution in [2.45, 2.75) is 0 Å². The van der Waals surface area contributed by atoms with Gasteiger partial charge in [0.25, 0.3) is 0 Å². The van der Waals surface area contributed by atoms with Gasteiger partial charge in [-0.25, -0.2) is 19.9 Å². The number of anilines is 6. The molecular formula is C52H32N6O4. The third-order valence-electron chi connectivity index (χ3n) is 10.9. The van der Waals surface area contributed by atoms with Crippen molar-refractivity contribution < 1.29 is 17.7 Å². The number of pyridine rings is 2. The Balaban J connectivity index is 0.864. The largest absolute Gasteiger partial charge is 0.440 e. The maximum Gasteiger partial charge on any atom is 0.247 e. The normalized spacial score (nSPS) is 11.5. The average molecular weight is 805 g/mol. The van der Waals surface area contributed by atoms with Gasteiger partial charge in [-0.2, -0.15) is 0 Å². The van der Waals surface area contributed by atoms with Crippen LogP contribution in [0.2, 0.25) is 0 Å². The van der Waals surface area contributed by atoms with Crippen LogP contribution in [0.25, 0.3) is 78.4 Å². The van der Waals surface area contributed by atoms with Gasteiger partial charge in [-0.05, 0) is 120 Å². The highest BCUT2D eigenvalue weighted by molar-refractivity contribution is 5.88. The summed E-state index contributed by atoms with van der Waals surface area (Å²) in [6.07, 6.45) is 3.40. The molecule has 10 nitrogen and oxygen atoms in total. The van der Waals surface area contributed by atoms with Crippen molar-refractivity contribution in [1.29, 1.82) is 0 Å². The topological polar surface area (TPSA) is 111 Å². The zero-order valence-electron chi connectivity index (χ0n) is 32.8. The van der Waals surface area contributed by atoms with Gasteiger partial charge in [0, 0.05) is 69.2 Å². The third-order valence-corrected chi connectivity index (χ3v) is 10.9.